The van der Waals surface area contributed by atoms with Gasteiger partial charge >= 0.3 is 0 Å². The van der Waals surface area contributed by atoms with E-state index in [-0.39, 0.29) is 49.0 Å². The maximum absolute atomic E-state index is 12.8. The van der Waals surface area contributed by atoms with Crippen LogP contribution in [-0.4, -0.2) is 41.0 Å². The van der Waals surface area contributed by atoms with Crippen LogP contribution in [0.2, 0.25) is 0 Å². The SMILES string of the molecule is Cl.Cl.Cl.NC1C2CCCC1CC(C(=O)NC1CCN(Cc3ccccn3)CC1)C2. The standard InChI is InChI=1S/C21H32N4O.3ClH/c22-20-15-4-3-5-16(20)13-17(12-15)21(26)24-18-7-10-25(11-8-18)14-19-6-1-2-9-23-19;;;/h1-2,6,9,15-18,20H,3-5,7-8,10-14,22H2,(H,24,26);3*1H. The van der Waals surface area contributed by atoms with Gasteiger partial charge in [0.2, 0.25) is 5.91 Å². The molecule has 1 amide bonds. The number of pyridine rings is 1. The first-order chi connectivity index (χ1) is 12.7. The lowest BCUT2D eigenvalue weighted by molar-refractivity contribution is -0.129. The van der Waals surface area contributed by atoms with E-state index in [1.807, 2.05) is 18.3 Å². The van der Waals surface area contributed by atoms with Gasteiger partial charge in [0.1, 0.15) is 0 Å². The normalized spacial score (nSPS) is 29.6. The second kappa shape index (κ2) is 12.3. The zero-order valence-corrected chi connectivity index (χ0v) is 19.3. The zero-order valence-electron chi connectivity index (χ0n) is 16.9. The van der Waals surface area contributed by atoms with Crippen molar-refractivity contribution in [2.24, 2.45) is 23.5 Å². The average Bonchev–Trinajstić information content (AvgIpc) is 2.64. The van der Waals surface area contributed by atoms with Crippen LogP contribution in [0.1, 0.15) is 50.6 Å². The minimum absolute atomic E-state index is 0. The number of rotatable bonds is 4. The molecule has 1 saturated heterocycles. The summed E-state index contributed by atoms with van der Waals surface area (Å²) in [7, 11) is 0. The van der Waals surface area contributed by atoms with Gasteiger partial charge in [0, 0.05) is 43.8 Å². The third-order valence-electron chi connectivity index (χ3n) is 6.83. The van der Waals surface area contributed by atoms with E-state index in [0.29, 0.717) is 23.9 Å². The Balaban J connectivity index is 0.00000140. The van der Waals surface area contributed by atoms with Crippen molar-refractivity contribution in [2.75, 3.05) is 13.1 Å². The first kappa shape index (κ1) is 26.4. The molecule has 4 rings (SSSR count). The molecule has 2 atom stereocenters. The maximum atomic E-state index is 12.8. The Bertz CT molecular complexity index is 599. The predicted octanol–water partition coefficient (Wildman–Crippen LogP) is 3.58. The molecule has 1 aromatic heterocycles. The molecule has 1 aliphatic heterocycles. The molecule has 0 aromatic carbocycles. The number of nitrogens with zero attached hydrogens (tertiary/aromatic N) is 2. The molecule has 2 unspecified atom stereocenters. The smallest absolute Gasteiger partial charge is 0.223 e. The summed E-state index contributed by atoms with van der Waals surface area (Å²) in [5, 5.41) is 3.36. The van der Waals surface area contributed by atoms with Gasteiger partial charge in [0.05, 0.1) is 5.69 Å². The number of nitrogens with two attached hydrogens (primary N) is 1. The fourth-order valence-corrected chi connectivity index (χ4v) is 5.28. The second-order valence-electron chi connectivity index (χ2n) is 8.58. The van der Waals surface area contributed by atoms with E-state index >= 15 is 0 Å². The number of hydrogen-bond donors (Lipinski definition) is 2. The molecule has 29 heavy (non-hydrogen) atoms. The average molecular weight is 466 g/mol. The van der Waals surface area contributed by atoms with Gasteiger partial charge in [-0.25, -0.2) is 0 Å². The summed E-state index contributed by atoms with van der Waals surface area (Å²) < 4.78 is 0. The van der Waals surface area contributed by atoms with Gasteiger partial charge < -0.3 is 11.1 Å². The van der Waals surface area contributed by atoms with Gasteiger partial charge in [0.15, 0.2) is 0 Å². The first-order valence-corrected chi connectivity index (χ1v) is 10.4. The molecule has 2 aliphatic carbocycles. The Labute approximate surface area is 193 Å². The predicted molar refractivity (Wildman–Crippen MR) is 124 cm³/mol. The third kappa shape index (κ3) is 6.70. The highest BCUT2D eigenvalue weighted by atomic mass is 35.5. The highest BCUT2D eigenvalue weighted by Gasteiger charge is 2.40. The second-order valence-corrected chi connectivity index (χ2v) is 8.58. The van der Waals surface area contributed by atoms with Crippen LogP contribution in [0.15, 0.2) is 24.4 Å². The van der Waals surface area contributed by atoms with Crippen molar-refractivity contribution < 1.29 is 4.79 Å². The van der Waals surface area contributed by atoms with E-state index in [1.54, 1.807) is 0 Å². The molecule has 2 saturated carbocycles. The van der Waals surface area contributed by atoms with E-state index in [0.717, 1.165) is 51.0 Å². The molecule has 8 heteroatoms. The number of carbonyl (C=O) groups is 1. The monoisotopic (exact) mass is 464 g/mol. The van der Waals surface area contributed by atoms with Crippen molar-refractivity contribution >= 4 is 43.1 Å². The fraction of sp³-hybridized carbons (Fsp3) is 0.714. The molecule has 3 N–H and O–H groups in total. The first-order valence-electron chi connectivity index (χ1n) is 10.4. The highest BCUT2D eigenvalue weighted by Crippen LogP contribution is 2.42. The van der Waals surface area contributed by atoms with Crippen molar-refractivity contribution in [3.63, 3.8) is 0 Å². The number of nitrogens with one attached hydrogen (secondary N) is 1. The number of carbonyl (C=O) groups excluding carboxylic acids is 1. The number of aromatic nitrogens is 1. The third-order valence-corrected chi connectivity index (χ3v) is 6.83. The van der Waals surface area contributed by atoms with Gasteiger partial charge in [-0.1, -0.05) is 12.5 Å². The Kier molecular flexibility index (Phi) is 11.2. The lowest BCUT2D eigenvalue weighted by Gasteiger charge is -2.44. The summed E-state index contributed by atoms with van der Waals surface area (Å²) in [6, 6.07) is 6.75. The van der Waals surface area contributed by atoms with E-state index in [2.05, 4.69) is 21.3 Å². The van der Waals surface area contributed by atoms with Crippen molar-refractivity contribution in [1.82, 2.24) is 15.2 Å². The molecule has 3 fully saturated rings. The van der Waals surface area contributed by atoms with Crippen LogP contribution in [0.25, 0.3) is 0 Å². The molecular formula is C21H35Cl3N4O. The maximum Gasteiger partial charge on any atom is 0.223 e. The summed E-state index contributed by atoms with van der Waals surface area (Å²) in [4.78, 5) is 19.7. The topological polar surface area (TPSA) is 71.2 Å². The van der Waals surface area contributed by atoms with Crippen LogP contribution in [-0.2, 0) is 11.3 Å². The van der Waals surface area contributed by atoms with E-state index in [9.17, 15) is 4.79 Å². The van der Waals surface area contributed by atoms with Gasteiger partial charge in [0.25, 0.3) is 0 Å². The van der Waals surface area contributed by atoms with Crippen LogP contribution in [0.3, 0.4) is 0 Å². The Morgan fingerprint density at radius 2 is 1.72 bits per heavy atom. The molecular weight excluding hydrogens is 431 g/mol. The van der Waals surface area contributed by atoms with E-state index in [1.165, 1.54) is 19.3 Å². The number of hydrogen-bond acceptors (Lipinski definition) is 4. The number of piperidine rings is 1. The minimum Gasteiger partial charge on any atom is -0.353 e. The lowest BCUT2D eigenvalue weighted by atomic mass is 9.65. The van der Waals surface area contributed by atoms with Crippen molar-refractivity contribution in [1.29, 1.82) is 0 Å². The fourth-order valence-electron chi connectivity index (χ4n) is 5.28. The molecule has 2 heterocycles. The van der Waals surface area contributed by atoms with Crippen LogP contribution in [0.5, 0.6) is 0 Å². The molecule has 0 radical (unpaired) electrons. The largest absolute Gasteiger partial charge is 0.353 e. The van der Waals surface area contributed by atoms with Crippen LogP contribution < -0.4 is 11.1 Å². The molecule has 3 aliphatic rings. The van der Waals surface area contributed by atoms with Gasteiger partial charge in [-0.3, -0.25) is 14.7 Å². The van der Waals surface area contributed by atoms with E-state index < -0.39 is 0 Å². The summed E-state index contributed by atoms with van der Waals surface area (Å²) in [6.45, 7) is 2.97. The molecule has 0 spiro atoms. The lowest BCUT2D eigenvalue weighted by Crippen LogP contribution is -2.51. The zero-order chi connectivity index (χ0) is 17.9. The number of likely N-dealkylation sites (tertiary alicyclic amines) is 1. The Morgan fingerprint density at radius 3 is 2.31 bits per heavy atom. The van der Waals surface area contributed by atoms with Crippen LogP contribution >= 0.6 is 37.2 Å². The van der Waals surface area contributed by atoms with Gasteiger partial charge in [-0.2, -0.15) is 0 Å². The van der Waals surface area contributed by atoms with Crippen molar-refractivity contribution in [2.45, 2.75) is 63.6 Å². The summed E-state index contributed by atoms with van der Waals surface area (Å²) in [5.74, 6) is 1.62. The molecule has 1 aromatic rings. The summed E-state index contributed by atoms with van der Waals surface area (Å²) in [6.07, 6.45) is 9.67. The molecule has 2 bridgehead atoms. The molecule has 166 valence electrons. The molecule has 5 nitrogen and oxygen atoms in total. The van der Waals surface area contributed by atoms with Crippen molar-refractivity contribution in [3.05, 3.63) is 30.1 Å². The Hall–Kier alpha value is -0.590. The number of halogens is 3. The number of amides is 1. The minimum atomic E-state index is 0. The summed E-state index contributed by atoms with van der Waals surface area (Å²) >= 11 is 0. The van der Waals surface area contributed by atoms with Crippen molar-refractivity contribution in [3.8, 4) is 0 Å². The van der Waals surface area contributed by atoms with Gasteiger partial charge in [-0.05, 0) is 62.5 Å². The van der Waals surface area contributed by atoms with Crippen LogP contribution in [0.4, 0.5) is 0 Å². The van der Waals surface area contributed by atoms with E-state index in [4.69, 9.17) is 5.73 Å². The number of fused-ring (bicyclic) bond motifs is 2. The van der Waals surface area contributed by atoms with Crippen LogP contribution in [0, 0.1) is 17.8 Å². The highest BCUT2D eigenvalue weighted by molar-refractivity contribution is 5.86. The summed E-state index contributed by atoms with van der Waals surface area (Å²) in [5.41, 5.74) is 7.49. The van der Waals surface area contributed by atoms with Gasteiger partial charge in [-0.15, -0.1) is 37.2 Å². The Morgan fingerprint density at radius 1 is 1.07 bits per heavy atom. The quantitative estimate of drug-likeness (QED) is 0.713.